The van der Waals surface area contributed by atoms with Gasteiger partial charge in [0.15, 0.2) is 0 Å². The Kier molecular flexibility index (Phi) is 6.58. The number of likely N-dealkylation sites (N-methyl/N-ethyl adjacent to an activating group) is 1. The van der Waals surface area contributed by atoms with Gasteiger partial charge < -0.3 is 20.1 Å². The Hall–Kier alpha value is -0.810. The van der Waals surface area contributed by atoms with Crippen molar-refractivity contribution in [2.45, 2.75) is 45.8 Å². The normalized spacial score (nSPS) is 26.2. The Bertz CT molecular complexity index is 284. The van der Waals surface area contributed by atoms with Crippen LogP contribution >= 0.6 is 0 Å². The lowest BCUT2D eigenvalue weighted by Crippen LogP contribution is -2.50. The largest absolute Gasteiger partial charge is 0.450 e. The highest BCUT2D eigenvalue weighted by Gasteiger charge is 2.28. The lowest BCUT2D eigenvalue weighted by molar-refractivity contribution is 0.0671. The number of amides is 1. The first-order chi connectivity index (χ1) is 8.92. The molecule has 1 fully saturated rings. The van der Waals surface area contributed by atoms with Gasteiger partial charge in [0.1, 0.15) is 0 Å². The second-order valence-electron chi connectivity index (χ2n) is 5.93. The van der Waals surface area contributed by atoms with E-state index in [2.05, 4.69) is 10.2 Å². The summed E-state index contributed by atoms with van der Waals surface area (Å²) < 4.78 is 4.92. The molecule has 5 heteroatoms. The van der Waals surface area contributed by atoms with Gasteiger partial charge in [-0.05, 0) is 38.6 Å². The third kappa shape index (κ3) is 5.78. The molecule has 3 unspecified atom stereocenters. The van der Waals surface area contributed by atoms with Crippen molar-refractivity contribution in [3.8, 4) is 0 Å². The van der Waals surface area contributed by atoms with E-state index in [0.29, 0.717) is 12.5 Å². The molecule has 1 aliphatic rings. The second kappa shape index (κ2) is 7.70. The quantitative estimate of drug-likeness (QED) is 0.795. The van der Waals surface area contributed by atoms with Crippen LogP contribution in [0.2, 0.25) is 0 Å². The first-order valence-electron chi connectivity index (χ1n) is 7.22. The number of hydrogen-bond acceptors (Lipinski definition) is 4. The SMILES string of the molecule is CCOC(=O)NC1CC(CC(O)C(C)C)CN(C)C1. The molecule has 3 atom stereocenters. The summed E-state index contributed by atoms with van der Waals surface area (Å²) in [7, 11) is 2.05. The highest BCUT2D eigenvalue weighted by atomic mass is 16.5. The van der Waals surface area contributed by atoms with Crippen LogP contribution in [-0.4, -0.2) is 55.0 Å². The minimum atomic E-state index is -0.342. The lowest BCUT2D eigenvalue weighted by Gasteiger charge is -2.37. The maximum absolute atomic E-state index is 11.5. The van der Waals surface area contributed by atoms with Crippen LogP contribution in [0.4, 0.5) is 4.79 Å². The highest BCUT2D eigenvalue weighted by molar-refractivity contribution is 5.67. The van der Waals surface area contributed by atoms with Crippen molar-refractivity contribution in [1.82, 2.24) is 10.2 Å². The maximum Gasteiger partial charge on any atom is 0.407 e. The molecule has 0 aromatic heterocycles. The molecule has 2 N–H and O–H groups in total. The van der Waals surface area contributed by atoms with Gasteiger partial charge >= 0.3 is 6.09 Å². The van der Waals surface area contributed by atoms with Crippen molar-refractivity contribution in [1.29, 1.82) is 0 Å². The van der Waals surface area contributed by atoms with Crippen LogP contribution in [0.1, 0.15) is 33.6 Å². The van der Waals surface area contributed by atoms with Crippen LogP contribution in [0, 0.1) is 11.8 Å². The number of likely N-dealkylation sites (tertiary alicyclic amines) is 1. The summed E-state index contributed by atoms with van der Waals surface area (Å²) in [5.74, 6) is 0.701. The van der Waals surface area contributed by atoms with Crippen LogP contribution in [0.25, 0.3) is 0 Å². The number of alkyl carbamates (subject to hydrolysis) is 1. The Morgan fingerprint density at radius 2 is 2.16 bits per heavy atom. The molecule has 0 aliphatic carbocycles. The molecule has 112 valence electrons. The number of nitrogens with zero attached hydrogens (tertiary/aromatic N) is 1. The summed E-state index contributed by atoms with van der Waals surface area (Å²) >= 11 is 0. The van der Waals surface area contributed by atoms with Crippen molar-refractivity contribution in [3.63, 3.8) is 0 Å². The zero-order chi connectivity index (χ0) is 14.4. The standard InChI is InChI=1S/C14H28N2O3/c1-5-19-14(18)15-12-6-11(8-16(4)9-12)7-13(17)10(2)3/h10-13,17H,5-9H2,1-4H3,(H,15,18). The first kappa shape index (κ1) is 16.2. The highest BCUT2D eigenvalue weighted by Crippen LogP contribution is 2.23. The van der Waals surface area contributed by atoms with E-state index in [9.17, 15) is 9.90 Å². The van der Waals surface area contributed by atoms with Crippen molar-refractivity contribution in [2.24, 2.45) is 11.8 Å². The zero-order valence-electron chi connectivity index (χ0n) is 12.6. The number of piperidine rings is 1. The molecule has 0 aromatic rings. The predicted octanol–water partition coefficient (Wildman–Crippen LogP) is 1.46. The molecule has 0 bridgehead atoms. The maximum atomic E-state index is 11.5. The zero-order valence-corrected chi connectivity index (χ0v) is 12.6. The van der Waals surface area contributed by atoms with E-state index >= 15 is 0 Å². The fraction of sp³-hybridized carbons (Fsp3) is 0.929. The summed E-state index contributed by atoms with van der Waals surface area (Å²) in [6.45, 7) is 8.08. The minimum absolute atomic E-state index is 0.113. The fourth-order valence-corrected chi connectivity index (χ4v) is 2.67. The van der Waals surface area contributed by atoms with E-state index < -0.39 is 0 Å². The molecule has 1 rings (SSSR count). The molecule has 0 aromatic carbocycles. The van der Waals surface area contributed by atoms with E-state index in [-0.39, 0.29) is 24.2 Å². The molecular formula is C14H28N2O3. The molecule has 1 saturated heterocycles. The number of carbonyl (C=O) groups excluding carboxylic acids is 1. The number of nitrogens with one attached hydrogen (secondary N) is 1. The predicted molar refractivity (Wildman–Crippen MR) is 75.0 cm³/mol. The first-order valence-corrected chi connectivity index (χ1v) is 7.22. The summed E-state index contributed by atoms with van der Waals surface area (Å²) in [5, 5.41) is 12.9. The Balaban J connectivity index is 2.45. The lowest BCUT2D eigenvalue weighted by atomic mass is 9.87. The summed E-state index contributed by atoms with van der Waals surface area (Å²) in [6.07, 6.45) is 1.10. The molecule has 1 amide bonds. The Morgan fingerprint density at radius 1 is 1.47 bits per heavy atom. The minimum Gasteiger partial charge on any atom is -0.450 e. The van der Waals surface area contributed by atoms with Crippen molar-refractivity contribution in [3.05, 3.63) is 0 Å². The summed E-state index contributed by atoms with van der Waals surface area (Å²) in [5.41, 5.74) is 0. The fourth-order valence-electron chi connectivity index (χ4n) is 2.67. The number of carbonyl (C=O) groups is 1. The van der Waals surface area contributed by atoms with E-state index in [0.717, 1.165) is 25.9 Å². The van der Waals surface area contributed by atoms with E-state index in [1.54, 1.807) is 6.92 Å². The van der Waals surface area contributed by atoms with Crippen LogP contribution < -0.4 is 5.32 Å². The van der Waals surface area contributed by atoms with E-state index in [1.165, 1.54) is 0 Å². The summed E-state index contributed by atoms with van der Waals surface area (Å²) in [4.78, 5) is 13.7. The molecule has 5 nitrogen and oxygen atoms in total. The van der Waals surface area contributed by atoms with Crippen molar-refractivity contribution < 1.29 is 14.6 Å². The average molecular weight is 272 g/mol. The monoisotopic (exact) mass is 272 g/mol. The number of hydrogen-bond donors (Lipinski definition) is 2. The van der Waals surface area contributed by atoms with Gasteiger partial charge in [-0.3, -0.25) is 0 Å². The molecular weight excluding hydrogens is 244 g/mol. The molecule has 0 radical (unpaired) electrons. The third-order valence-corrected chi connectivity index (χ3v) is 3.66. The van der Waals surface area contributed by atoms with Crippen molar-refractivity contribution in [2.75, 3.05) is 26.7 Å². The van der Waals surface area contributed by atoms with Crippen LogP contribution in [-0.2, 0) is 4.74 Å². The van der Waals surface area contributed by atoms with Gasteiger partial charge in [-0.1, -0.05) is 13.8 Å². The van der Waals surface area contributed by atoms with Crippen LogP contribution in [0.5, 0.6) is 0 Å². The molecule has 0 spiro atoms. The van der Waals surface area contributed by atoms with Crippen LogP contribution in [0.3, 0.4) is 0 Å². The topological polar surface area (TPSA) is 61.8 Å². The van der Waals surface area contributed by atoms with Gasteiger partial charge in [0.2, 0.25) is 0 Å². The molecule has 19 heavy (non-hydrogen) atoms. The average Bonchev–Trinajstić information content (AvgIpc) is 2.27. The molecule has 1 heterocycles. The number of aliphatic hydroxyl groups excluding tert-OH is 1. The van der Waals surface area contributed by atoms with Gasteiger partial charge in [-0.15, -0.1) is 0 Å². The van der Waals surface area contributed by atoms with Crippen LogP contribution in [0.15, 0.2) is 0 Å². The van der Waals surface area contributed by atoms with Gasteiger partial charge in [0.05, 0.1) is 12.7 Å². The van der Waals surface area contributed by atoms with Gasteiger partial charge in [0.25, 0.3) is 0 Å². The number of rotatable bonds is 5. The number of ether oxygens (including phenoxy) is 1. The molecule has 0 saturated carbocycles. The Labute approximate surface area is 116 Å². The summed E-state index contributed by atoms with van der Waals surface area (Å²) in [6, 6.07) is 0.113. The molecule has 1 aliphatic heterocycles. The van der Waals surface area contributed by atoms with E-state index in [1.807, 2.05) is 20.9 Å². The smallest absolute Gasteiger partial charge is 0.407 e. The van der Waals surface area contributed by atoms with Gasteiger partial charge in [0, 0.05) is 19.1 Å². The van der Waals surface area contributed by atoms with Crippen molar-refractivity contribution >= 4 is 6.09 Å². The van der Waals surface area contributed by atoms with E-state index in [4.69, 9.17) is 4.74 Å². The van der Waals surface area contributed by atoms with Gasteiger partial charge in [-0.2, -0.15) is 0 Å². The second-order valence-corrected chi connectivity index (χ2v) is 5.93. The number of aliphatic hydroxyl groups is 1. The third-order valence-electron chi connectivity index (χ3n) is 3.66. The van der Waals surface area contributed by atoms with Gasteiger partial charge in [-0.25, -0.2) is 4.79 Å². The Morgan fingerprint density at radius 3 is 2.74 bits per heavy atom.